The lowest BCUT2D eigenvalue weighted by atomic mass is 10.1. The van der Waals surface area contributed by atoms with Crippen molar-refractivity contribution in [2.45, 2.75) is 19.4 Å². The Hall–Kier alpha value is -3.78. The summed E-state index contributed by atoms with van der Waals surface area (Å²) in [7, 11) is 1.90. The summed E-state index contributed by atoms with van der Waals surface area (Å²) in [6, 6.07) is 14.4. The first-order valence-electron chi connectivity index (χ1n) is 9.43. The normalized spacial score (nSPS) is 13.7. The third-order valence-corrected chi connectivity index (χ3v) is 4.67. The van der Waals surface area contributed by atoms with Gasteiger partial charge in [0.25, 0.3) is 11.8 Å². The van der Waals surface area contributed by atoms with Gasteiger partial charge in [0.1, 0.15) is 0 Å². The minimum absolute atomic E-state index is 0.0514. The molecular weight excluding hydrogens is 386 g/mol. The van der Waals surface area contributed by atoms with E-state index < -0.39 is 17.8 Å². The van der Waals surface area contributed by atoms with E-state index in [4.69, 9.17) is 9.25 Å². The Kier molecular flexibility index (Phi) is 5.40. The van der Waals surface area contributed by atoms with Crippen LogP contribution in [0.3, 0.4) is 0 Å². The highest BCUT2D eigenvalue weighted by atomic mass is 16.7. The molecule has 1 aromatic heterocycles. The topological polar surface area (TPSA) is 102 Å². The van der Waals surface area contributed by atoms with Crippen LogP contribution in [0.15, 0.2) is 59.1 Å². The summed E-state index contributed by atoms with van der Waals surface area (Å²) in [5.74, 6) is -0.767. The molecule has 0 aliphatic carbocycles. The maximum absolute atomic E-state index is 12.2. The summed E-state index contributed by atoms with van der Waals surface area (Å²) in [6.07, 6.45) is 1.75. The van der Waals surface area contributed by atoms with Crippen LogP contribution in [0.2, 0.25) is 0 Å². The number of benzene rings is 2. The number of oxazole rings is 1. The zero-order valence-corrected chi connectivity index (χ0v) is 16.3. The molecule has 8 nitrogen and oxygen atoms in total. The number of rotatable bonds is 6. The monoisotopic (exact) mass is 405 g/mol. The van der Waals surface area contributed by atoms with Gasteiger partial charge >= 0.3 is 5.97 Å². The van der Waals surface area contributed by atoms with Crippen LogP contribution in [0.1, 0.15) is 28.8 Å². The quantitative estimate of drug-likeness (QED) is 0.629. The highest BCUT2D eigenvalue weighted by molar-refractivity contribution is 6.02. The van der Waals surface area contributed by atoms with Gasteiger partial charge in [0.05, 0.1) is 11.8 Å². The predicted octanol–water partition coefficient (Wildman–Crippen LogP) is 2.95. The Morgan fingerprint density at radius 2 is 1.67 bits per heavy atom. The molecule has 152 valence electrons. The van der Waals surface area contributed by atoms with Crippen LogP contribution < -0.4 is 5.32 Å². The smallest absolute Gasteiger partial charge is 0.363 e. The molecule has 2 aromatic carbocycles. The molecule has 1 aliphatic heterocycles. The largest absolute Gasteiger partial charge is 0.436 e. The molecule has 2 amide bonds. The van der Waals surface area contributed by atoms with Crippen molar-refractivity contribution in [3.8, 4) is 22.8 Å². The third kappa shape index (κ3) is 3.99. The third-order valence-electron chi connectivity index (χ3n) is 4.67. The van der Waals surface area contributed by atoms with Gasteiger partial charge in [-0.15, -0.1) is 5.06 Å². The second-order valence-electron chi connectivity index (χ2n) is 6.79. The zero-order chi connectivity index (χ0) is 21.1. The summed E-state index contributed by atoms with van der Waals surface area (Å²) in [5, 5.41) is 3.63. The molecule has 3 aromatic rings. The van der Waals surface area contributed by atoms with Crippen molar-refractivity contribution in [2.75, 3.05) is 7.05 Å². The fourth-order valence-corrected chi connectivity index (χ4v) is 3.07. The number of hydroxylamine groups is 2. The lowest BCUT2D eigenvalue weighted by molar-refractivity contribution is -0.172. The number of nitrogens with one attached hydrogen (secondary N) is 1. The highest BCUT2D eigenvalue weighted by Gasteiger charge is 2.33. The van der Waals surface area contributed by atoms with Crippen molar-refractivity contribution in [1.82, 2.24) is 15.4 Å². The number of imide groups is 1. The number of amides is 2. The molecule has 0 radical (unpaired) electrons. The maximum Gasteiger partial charge on any atom is 0.363 e. The van der Waals surface area contributed by atoms with Gasteiger partial charge in [0.15, 0.2) is 5.76 Å². The predicted molar refractivity (Wildman–Crippen MR) is 107 cm³/mol. The van der Waals surface area contributed by atoms with Gasteiger partial charge in [-0.05, 0) is 36.9 Å². The van der Waals surface area contributed by atoms with Crippen molar-refractivity contribution >= 4 is 17.8 Å². The Morgan fingerprint density at radius 1 is 1.03 bits per heavy atom. The van der Waals surface area contributed by atoms with E-state index in [1.165, 1.54) is 17.7 Å². The molecule has 0 unspecified atom stereocenters. The van der Waals surface area contributed by atoms with E-state index >= 15 is 0 Å². The molecule has 2 heterocycles. The first kappa shape index (κ1) is 19.5. The average Bonchev–Trinajstić information content (AvgIpc) is 3.37. The van der Waals surface area contributed by atoms with Gasteiger partial charge in [0.2, 0.25) is 5.89 Å². The van der Waals surface area contributed by atoms with E-state index in [0.717, 1.165) is 12.1 Å². The van der Waals surface area contributed by atoms with Crippen LogP contribution in [0.5, 0.6) is 0 Å². The van der Waals surface area contributed by atoms with E-state index in [1.54, 1.807) is 18.3 Å². The number of nitrogens with zero attached hydrogens (tertiary/aromatic N) is 2. The minimum atomic E-state index is -0.778. The lowest BCUT2D eigenvalue weighted by Crippen LogP contribution is -2.32. The maximum atomic E-state index is 12.2. The average molecular weight is 405 g/mol. The van der Waals surface area contributed by atoms with Gasteiger partial charge in [-0.25, -0.2) is 9.78 Å². The van der Waals surface area contributed by atoms with Gasteiger partial charge in [0, 0.05) is 30.5 Å². The van der Waals surface area contributed by atoms with Crippen molar-refractivity contribution in [3.63, 3.8) is 0 Å². The number of carbonyl (C=O) groups excluding carboxylic acids is 3. The van der Waals surface area contributed by atoms with Gasteiger partial charge in [-0.3, -0.25) is 9.59 Å². The Balaban J connectivity index is 1.46. The van der Waals surface area contributed by atoms with E-state index in [9.17, 15) is 14.4 Å². The lowest BCUT2D eigenvalue weighted by Gasteiger charge is -2.12. The van der Waals surface area contributed by atoms with Crippen molar-refractivity contribution < 1.29 is 23.6 Å². The number of aromatic nitrogens is 1. The van der Waals surface area contributed by atoms with Gasteiger partial charge < -0.3 is 14.6 Å². The first-order chi connectivity index (χ1) is 14.5. The summed E-state index contributed by atoms with van der Waals surface area (Å²) < 4.78 is 5.85. The summed E-state index contributed by atoms with van der Waals surface area (Å²) in [6.45, 7) is 0.788. The minimum Gasteiger partial charge on any atom is -0.436 e. The van der Waals surface area contributed by atoms with Crippen LogP contribution in [0.4, 0.5) is 0 Å². The Labute approximate surface area is 172 Å². The van der Waals surface area contributed by atoms with Crippen molar-refractivity contribution in [1.29, 1.82) is 0 Å². The fraction of sp³-hybridized carbons (Fsp3) is 0.182. The van der Waals surface area contributed by atoms with Crippen LogP contribution in [-0.4, -0.2) is 34.9 Å². The number of carbonyl (C=O) groups is 3. The second-order valence-corrected chi connectivity index (χ2v) is 6.79. The molecular formula is C22H19N3O5. The van der Waals surface area contributed by atoms with E-state index in [0.29, 0.717) is 22.3 Å². The van der Waals surface area contributed by atoms with E-state index in [-0.39, 0.29) is 18.4 Å². The standard InChI is InChI=1S/C22H19N3O5/c1-23-12-14-2-4-15(5-3-14)18-13-24-21(29-18)16-6-8-17(9-7-16)22(28)30-25-19(26)10-11-20(25)27/h2-9,13,23H,10-12H2,1H3. The highest BCUT2D eigenvalue weighted by Crippen LogP contribution is 2.26. The zero-order valence-electron chi connectivity index (χ0n) is 16.3. The van der Waals surface area contributed by atoms with Gasteiger partial charge in [-0.1, -0.05) is 24.3 Å². The van der Waals surface area contributed by atoms with Crippen LogP contribution in [0.25, 0.3) is 22.8 Å². The van der Waals surface area contributed by atoms with Crippen molar-refractivity contribution in [3.05, 3.63) is 65.9 Å². The molecule has 1 N–H and O–H groups in total. The fourth-order valence-electron chi connectivity index (χ4n) is 3.07. The molecule has 0 bridgehead atoms. The number of hydrogen-bond donors (Lipinski definition) is 1. The summed E-state index contributed by atoms with van der Waals surface area (Å²) in [4.78, 5) is 44.5. The summed E-state index contributed by atoms with van der Waals surface area (Å²) >= 11 is 0. The number of hydrogen-bond acceptors (Lipinski definition) is 7. The van der Waals surface area contributed by atoms with E-state index in [2.05, 4.69) is 10.3 Å². The molecule has 1 saturated heterocycles. The summed E-state index contributed by atoms with van der Waals surface area (Å²) in [5.41, 5.74) is 2.96. The first-order valence-corrected chi connectivity index (χ1v) is 9.43. The molecule has 0 spiro atoms. The molecule has 30 heavy (non-hydrogen) atoms. The molecule has 1 fully saturated rings. The SMILES string of the molecule is CNCc1ccc(-c2cnc(-c3ccc(C(=O)ON4C(=O)CCC4=O)cc3)o2)cc1. The Bertz CT molecular complexity index is 1070. The van der Waals surface area contributed by atoms with Crippen LogP contribution in [-0.2, 0) is 21.0 Å². The molecule has 8 heteroatoms. The van der Waals surface area contributed by atoms with Crippen molar-refractivity contribution in [2.24, 2.45) is 0 Å². The molecule has 4 rings (SSSR count). The second kappa shape index (κ2) is 8.30. The van der Waals surface area contributed by atoms with Crippen LogP contribution >= 0.6 is 0 Å². The van der Waals surface area contributed by atoms with E-state index in [1.807, 2.05) is 31.3 Å². The van der Waals surface area contributed by atoms with Crippen LogP contribution in [0, 0.1) is 0 Å². The molecule has 0 atom stereocenters. The van der Waals surface area contributed by atoms with Gasteiger partial charge in [-0.2, -0.15) is 0 Å². The Morgan fingerprint density at radius 3 is 2.30 bits per heavy atom. The molecule has 0 saturated carbocycles. The molecule has 1 aliphatic rings.